The molecule has 0 atom stereocenters. The fourth-order valence-corrected chi connectivity index (χ4v) is 4.73. The van der Waals surface area contributed by atoms with Crippen LogP contribution >= 0.6 is 12.4 Å². The minimum absolute atomic E-state index is 0. The first-order chi connectivity index (χ1) is 13.6. The minimum Gasteiger partial charge on any atom is -0.339 e. The van der Waals surface area contributed by atoms with Gasteiger partial charge in [0, 0.05) is 43.5 Å². The predicted molar refractivity (Wildman–Crippen MR) is 110 cm³/mol. The molecule has 2 aromatic heterocycles. The monoisotopic (exact) mass is 435 g/mol. The van der Waals surface area contributed by atoms with Crippen molar-refractivity contribution in [3.05, 3.63) is 60.2 Å². The third-order valence-corrected chi connectivity index (χ3v) is 6.85. The van der Waals surface area contributed by atoms with Gasteiger partial charge in [-0.3, -0.25) is 4.98 Å². The molecule has 0 radical (unpaired) electrons. The lowest BCUT2D eigenvalue weighted by molar-refractivity contribution is 0.270. The molecule has 0 spiro atoms. The number of benzene rings is 1. The van der Waals surface area contributed by atoms with Gasteiger partial charge >= 0.3 is 0 Å². The first-order valence-electron chi connectivity index (χ1n) is 9.11. The van der Waals surface area contributed by atoms with Crippen LogP contribution in [0, 0.1) is 0 Å². The van der Waals surface area contributed by atoms with Crippen LogP contribution < -0.4 is 5.73 Å². The molecule has 2 N–H and O–H groups in total. The van der Waals surface area contributed by atoms with Crippen LogP contribution in [0.25, 0.3) is 11.4 Å². The first kappa shape index (κ1) is 21.4. The lowest BCUT2D eigenvalue weighted by Crippen LogP contribution is -2.38. The molecule has 4 rings (SSSR count). The molecule has 1 fully saturated rings. The number of nitrogens with zero attached hydrogens (tertiary/aromatic N) is 4. The van der Waals surface area contributed by atoms with Crippen molar-refractivity contribution in [2.24, 2.45) is 5.73 Å². The molecule has 0 bridgehead atoms. The highest BCUT2D eigenvalue weighted by molar-refractivity contribution is 7.89. The van der Waals surface area contributed by atoms with Crippen LogP contribution in [-0.2, 0) is 16.6 Å². The van der Waals surface area contributed by atoms with Gasteiger partial charge in [0.25, 0.3) is 0 Å². The fraction of sp³-hybridized carbons (Fsp3) is 0.316. The summed E-state index contributed by atoms with van der Waals surface area (Å²) in [6.45, 7) is 1.30. The fourth-order valence-electron chi connectivity index (χ4n) is 3.30. The van der Waals surface area contributed by atoms with Gasteiger partial charge in [0.05, 0.1) is 0 Å². The SMILES string of the molecule is Cl.NCc1ccc(-c2noc(C3CCN(S(=O)(=O)c4cccnc4)CC3)n2)cc1. The Morgan fingerprint density at radius 2 is 1.86 bits per heavy atom. The number of aromatic nitrogens is 3. The molecule has 1 aliphatic rings. The topological polar surface area (TPSA) is 115 Å². The largest absolute Gasteiger partial charge is 0.339 e. The summed E-state index contributed by atoms with van der Waals surface area (Å²) in [4.78, 5) is 8.64. The molecule has 10 heteroatoms. The van der Waals surface area contributed by atoms with E-state index in [9.17, 15) is 8.42 Å². The van der Waals surface area contributed by atoms with Crippen LogP contribution in [0.5, 0.6) is 0 Å². The second kappa shape index (κ2) is 9.00. The molecule has 8 nitrogen and oxygen atoms in total. The summed E-state index contributed by atoms with van der Waals surface area (Å²) in [5.74, 6) is 1.13. The van der Waals surface area contributed by atoms with Crippen molar-refractivity contribution in [2.45, 2.75) is 30.2 Å². The lowest BCUT2D eigenvalue weighted by atomic mass is 9.98. The molecular weight excluding hydrogens is 414 g/mol. The summed E-state index contributed by atoms with van der Waals surface area (Å²) in [7, 11) is -3.52. The second-order valence-electron chi connectivity index (χ2n) is 6.72. The normalized spacial score (nSPS) is 15.8. The van der Waals surface area contributed by atoms with Gasteiger partial charge in [-0.1, -0.05) is 29.4 Å². The number of nitrogens with two attached hydrogens (primary N) is 1. The van der Waals surface area contributed by atoms with Gasteiger partial charge in [0.1, 0.15) is 4.90 Å². The van der Waals surface area contributed by atoms with E-state index in [1.807, 2.05) is 24.3 Å². The summed E-state index contributed by atoms with van der Waals surface area (Å²) < 4.78 is 32.3. The van der Waals surface area contributed by atoms with Crippen molar-refractivity contribution >= 4 is 22.4 Å². The summed E-state index contributed by atoms with van der Waals surface area (Å²) >= 11 is 0. The van der Waals surface area contributed by atoms with E-state index in [1.54, 1.807) is 18.3 Å². The maximum Gasteiger partial charge on any atom is 0.244 e. The number of piperidine rings is 1. The van der Waals surface area contributed by atoms with Crippen LogP contribution in [-0.4, -0.2) is 40.9 Å². The molecule has 3 aromatic rings. The molecule has 0 saturated carbocycles. The van der Waals surface area contributed by atoms with Crippen LogP contribution in [0.1, 0.15) is 30.2 Å². The average molecular weight is 436 g/mol. The number of rotatable bonds is 5. The molecular formula is C19H22ClN5O3S. The highest BCUT2D eigenvalue weighted by Gasteiger charge is 2.32. The summed E-state index contributed by atoms with van der Waals surface area (Å²) in [5.41, 5.74) is 7.52. The molecule has 1 aromatic carbocycles. The van der Waals surface area contributed by atoms with Gasteiger partial charge in [-0.2, -0.15) is 9.29 Å². The van der Waals surface area contributed by atoms with E-state index < -0.39 is 10.0 Å². The maximum absolute atomic E-state index is 12.7. The Hall–Kier alpha value is -2.33. The zero-order valence-corrected chi connectivity index (χ0v) is 17.3. The zero-order valence-electron chi connectivity index (χ0n) is 15.6. The Morgan fingerprint density at radius 1 is 1.14 bits per heavy atom. The number of halogens is 1. The standard InChI is InChI=1S/C19H21N5O3S.ClH/c20-12-14-3-5-15(6-4-14)18-22-19(27-23-18)16-7-10-24(11-8-16)28(25,26)17-2-1-9-21-13-17;/h1-6,9,13,16H,7-8,10-12,20H2;1H. The van der Waals surface area contributed by atoms with Gasteiger partial charge in [-0.15, -0.1) is 12.4 Å². The minimum atomic E-state index is -3.52. The van der Waals surface area contributed by atoms with Crippen molar-refractivity contribution in [3.63, 3.8) is 0 Å². The Labute approximate surface area is 175 Å². The Bertz CT molecular complexity index is 1030. The van der Waals surface area contributed by atoms with Gasteiger partial charge in [-0.25, -0.2) is 8.42 Å². The third-order valence-electron chi connectivity index (χ3n) is 4.96. The molecule has 0 unspecified atom stereocenters. The first-order valence-corrected chi connectivity index (χ1v) is 10.5. The summed E-state index contributed by atoms with van der Waals surface area (Å²) in [5, 5.41) is 4.08. The van der Waals surface area contributed by atoms with Gasteiger partial charge < -0.3 is 10.3 Å². The van der Waals surface area contributed by atoms with E-state index in [2.05, 4.69) is 15.1 Å². The number of hydrogen-bond donors (Lipinski definition) is 1. The highest BCUT2D eigenvalue weighted by Crippen LogP contribution is 2.30. The summed E-state index contributed by atoms with van der Waals surface area (Å²) in [6, 6.07) is 10.9. The molecule has 1 saturated heterocycles. The molecule has 0 amide bonds. The molecule has 154 valence electrons. The number of hydrogen-bond acceptors (Lipinski definition) is 7. The zero-order chi connectivity index (χ0) is 19.6. The number of pyridine rings is 1. The van der Waals surface area contributed by atoms with Gasteiger partial charge in [0.15, 0.2) is 0 Å². The quantitative estimate of drug-likeness (QED) is 0.654. The second-order valence-corrected chi connectivity index (χ2v) is 8.66. The van der Waals surface area contributed by atoms with E-state index in [1.165, 1.54) is 10.5 Å². The molecule has 29 heavy (non-hydrogen) atoms. The van der Waals surface area contributed by atoms with Crippen LogP contribution in [0.4, 0.5) is 0 Å². The smallest absolute Gasteiger partial charge is 0.244 e. The van der Waals surface area contributed by atoms with Crippen molar-refractivity contribution < 1.29 is 12.9 Å². The van der Waals surface area contributed by atoms with Crippen molar-refractivity contribution in [1.82, 2.24) is 19.4 Å². The van der Waals surface area contributed by atoms with Crippen molar-refractivity contribution in [2.75, 3.05) is 13.1 Å². The van der Waals surface area contributed by atoms with E-state index in [4.69, 9.17) is 10.3 Å². The Morgan fingerprint density at radius 3 is 2.48 bits per heavy atom. The van der Waals surface area contributed by atoms with Crippen LogP contribution in [0.2, 0.25) is 0 Å². The molecule has 0 aliphatic carbocycles. The lowest BCUT2D eigenvalue weighted by Gasteiger charge is -2.29. The highest BCUT2D eigenvalue weighted by atomic mass is 35.5. The van der Waals surface area contributed by atoms with Crippen molar-refractivity contribution in [3.8, 4) is 11.4 Å². The maximum atomic E-state index is 12.7. The molecule has 1 aliphatic heterocycles. The van der Waals surface area contributed by atoms with E-state index in [-0.39, 0.29) is 23.2 Å². The van der Waals surface area contributed by atoms with Gasteiger partial charge in [-0.05, 0) is 30.5 Å². The van der Waals surface area contributed by atoms with E-state index in [0.29, 0.717) is 44.2 Å². The van der Waals surface area contributed by atoms with E-state index >= 15 is 0 Å². The van der Waals surface area contributed by atoms with Crippen LogP contribution in [0.3, 0.4) is 0 Å². The average Bonchev–Trinajstić information content (AvgIpc) is 3.25. The third kappa shape index (κ3) is 4.48. The van der Waals surface area contributed by atoms with Crippen LogP contribution in [0.15, 0.2) is 58.2 Å². The van der Waals surface area contributed by atoms with Gasteiger partial charge in [0.2, 0.25) is 21.7 Å². The predicted octanol–water partition coefficient (Wildman–Crippen LogP) is 2.58. The van der Waals surface area contributed by atoms with E-state index in [0.717, 1.165) is 11.1 Å². The van der Waals surface area contributed by atoms with Crippen molar-refractivity contribution in [1.29, 1.82) is 0 Å². The Balaban J connectivity index is 0.00000240. The molecule has 3 heterocycles. The number of sulfonamides is 1. The summed E-state index contributed by atoms with van der Waals surface area (Å²) in [6.07, 6.45) is 4.20. The Kier molecular flexibility index (Phi) is 6.63.